The van der Waals surface area contributed by atoms with E-state index in [1.54, 1.807) is 6.08 Å². The summed E-state index contributed by atoms with van der Waals surface area (Å²) in [5.74, 6) is -0.175. The SMILES string of the molecule is CC/C=C\C/C=C\C/C=C\C/C=C\C/C=C\C/C=C\CCCCCCCCCCCCCCCCCCC(=O)NC(COC1OC(CO)C(O)C(O)C1O)C(O)/C=C/CCCCCCCCCCCCCCCCCCCCCCCCC. The number of aliphatic hydroxyl groups excluding tert-OH is 5. The van der Waals surface area contributed by atoms with Crippen LogP contribution < -0.4 is 5.32 Å². The van der Waals surface area contributed by atoms with Crippen LogP contribution in [0.25, 0.3) is 0 Å². The molecule has 0 radical (unpaired) electrons. The number of carbonyl (C=O) groups excluding carboxylic acids is 1. The number of allylic oxidation sites excluding steroid dienone is 13. The summed E-state index contributed by atoms with van der Waals surface area (Å²) in [6.45, 7) is 3.70. The van der Waals surface area contributed by atoms with Crippen molar-refractivity contribution < 1.29 is 39.8 Å². The lowest BCUT2D eigenvalue weighted by molar-refractivity contribution is -0.302. The van der Waals surface area contributed by atoms with Crippen molar-refractivity contribution in [3.63, 3.8) is 0 Å². The van der Waals surface area contributed by atoms with Gasteiger partial charge in [-0.25, -0.2) is 0 Å². The first kappa shape index (κ1) is 78.4. The fourth-order valence-corrected chi connectivity index (χ4v) is 11.0. The Morgan fingerprint density at radius 3 is 1.11 bits per heavy atom. The largest absolute Gasteiger partial charge is 0.394 e. The Hall–Kier alpha value is -2.63. The Labute approximate surface area is 511 Å². The maximum atomic E-state index is 13.1. The second-order valence-electron chi connectivity index (χ2n) is 24.3. The molecule has 1 saturated heterocycles. The monoisotopic (exact) mass is 1160 g/mol. The van der Waals surface area contributed by atoms with Crippen molar-refractivity contribution in [2.75, 3.05) is 13.2 Å². The number of aliphatic hydroxyl groups is 5. The van der Waals surface area contributed by atoms with Gasteiger partial charge in [0.1, 0.15) is 24.4 Å². The van der Waals surface area contributed by atoms with Gasteiger partial charge in [0.15, 0.2) is 6.29 Å². The van der Waals surface area contributed by atoms with Crippen molar-refractivity contribution in [3.05, 3.63) is 85.1 Å². The van der Waals surface area contributed by atoms with E-state index < -0.39 is 49.5 Å². The zero-order valence-corrected chi connectivity index (χ0v) is 53.9. The van der Waals surface area contributed by atoms with E-state index in [4.69, 9.17) is 9.47 Å². The molecule has 482 valence electrons. The molecule has 1 aliphatic rings. The predicted octanol–water partition coefficient (Wildman–Crippen LogP) is 19.3. The van der Waals surface area contributed by atoms with E-state index in [0.717, 1.165) is 77.0 Å². The normalized spacial score (nSPS) is 18.8. The Morgan fingerprint density at radius 1 is 0.422 bits per heavy atom. The van der Waals surface area contributed by atoms with E-state index >= 15 is 0 Å². The quantitative estimate of drug-likeness (QED) is 0.0261. The Bertz CT molecular complexity index is 1590. The molecule has 6 N–H and O–H groups in total. The minimum absolute atomic E-state index is 0.175. The van der Waals surface area contributed by atoms with Gasteiger partial charge in [-0.3, -0.25) is 4.79 Å². The van der Waals surface area contributed by atoms with Gasteiger partial charge in [-0.15, -0.1) is 0 Å². The average molecular weight is 1160 g/mol. The molecule has 83 heavy (non-hydrogen) atoms. The van der Waals surface area contributed by atoms with Gasteiger partial charge in [-0.05, 0) is 70.6 Å². The lowest BCUT2D eigenvalue weighted by Crippen LogP contribution is -2.60. The molecule has 1 aliphatic heterocycles. The second-order valence-corrected chi connectivity index (χ2v) is 24.3. The molecule has 0 bridgehead atoms. The summed E-state index contributed by atoms with van der Waals surface area (Å²) in [5.41, 5.74) is 0. The lowest BCUT2D eigenvalue weighted by atomic mass is 9.99. The molecular weight excluding hydrogens is 1030 g/mol. The van der Waals surface area contributed by atoms with Crippen LogP contribution in [0.15, 0.2) is 85.1 Å². The first-order chi connectivity index (χ1) is 40.8. The van der Waals surface area contributed by atoms with Crippen molar-refractivity contribution in [3.8, 4) is 0 Å². The molecule has 1 rings (SSSR count). The van der Waals surface area contributed by atoms with Gasteiger partial charge in [0.25, 0.3) is 0 Å². The fourth-order valence-electron chi connectivity index (χ4n) is 11.0. The molecule has 0 saturated carbocycles. The Balaban J connectivity index is 2.12. The number of hydrogen-bond acceptors (Lipinski definition) is 8. The highest BCUT2D eigenvalue weighted by Crippen LogP contribution is 2.23. The summed E-state index contributed by atoms with van der Waals surface area (Å²) in [6, 6.07) is -0.810. The van der Waals surface area contributed by atoms with E-state index in [1.165, 1.54) is 225 Å². The smallest absolute Gasteiger partial charge is 0.220 e. The molecule has 9 heteroatoms. The maximum Gasteiger partial charge on any atom is 0.220 e. The lowest BCUT2D eigenvalue weighted by Gasteiger charge is -2.40. The van der Waals surface area contributed by atoms with Crippen LogP contribution in [-0.2, 0) is 14.3 Å². The summed E-state index contributed by atoms with van der Waals surface area (Å²) in [5, 5.41) is 54.8. The van der Waals surface area contributed by atoms with Crippen LogP contribution in [0.2, 0.25) is 0 Å². The minimum atomic E-state index is -1.57. The fraction of sp³-hybridized carbons (Fsp3) is 0.797. The number of carbonyl (C=O) groups is 1. The highest BCUT2D eigenvalue weighted by Gasteiger charge is 2.44. The Kier molecular flexibility index (Phi) is 59.0. The van der Waals surface area contributed by atoms with Crippen LogP contribution in [0.4, 0.5) is 0 Å². The van der Waals surface area contributed by atoms with Gasteiger partial charge in [0.05, 0.1) is 25.4 Å². The van der Waals surface area contributed by atoms with Gasteiger partial charge in [0, 0.05) is 6.42 Å². The topological polar surface area (TPSA) is 149 Å². The number of rotatable bonds is 61. The summed E-state index contributed by atoms with van der Waals surface area (Å²) in [6.07, 6.45) is 82.5. The first-order valence-corrected chi connectivity index (χ1v) is 35.3. The number of ether oxygens (including phenoxy) is 2. The van der Waals surface area contributed by atoms with Crippen LogP contribution in [0, 0.1) is 0 Å². The molecule has 1 amide bonds. The minimum Gasteiger partial charge on any atom is -0.394 e. The van der Waals surface area contributed by atoms with Gasteiger partial charge in [-0.2, -0.15) is 0 Å². The zero-order chi connectivity index (χ0) is 60.0. The van der Waals surface area contributed by atoms with Crippen molar-refractivity contribution >= 4 is 5.91 Å². The van der Waals surface area contributed by atoms with Crippen molar-refractivity contribution in [2.24, 2.45) is 0 Å². The molecule has 0 aromatic carbocycles. The third-order valence-corrected chi connectivity index (χ3v) is 16.5. The summed E-state index contributed by atoms with van der Waals surface area (Å²) in [4.78, 5) is 13.1. The molecule has 1 fully saturated rings. The van der Waals surface area contributed by atoms with Gasteiger partial charge in [0.2, 0.25) is 5.91 Å². The Morgan fingerprint density at radius 2 is 0.747 bits per heavy atom. The van der Waals surface area contributed by atoms with E-state index in [-0.39, 0.29) is 12.5 Å². The highest BCUT2D eigenvalue weighted by atomic mass is 16.7. The average Bonchev–Trinajstić information content (AvgIpc) is 3.60. The molecule has 0 aromatic heterocycles. The van der Waals surface area contributed by atoms with E-state index in [2.05, 4.69) is 92.1 Å². The van der Waals surface area contributed by atoms with Gasteiger partial charge >= 0.3 is 0 Å². The first-order valence-electron chi connectivity index (χ1n) is 35.3. The van der Waals surface area contributed by atoms with E-state index in [0.29, 0.717) is 6.42 Å². The molecule has 7 unspecified atom stereocenters. The molecule has 0 spiro atoms. The molecule has 0 aromatic rings. The van der Waals surface area contributed by atoms with E-state index in [1.807, 2.05) is 6.08 Å². The van der Waals surface area contributed by atoms with Crippen LogP contribution >= 0.6 is 0 Å². The third-order valence-electron chi connectivity index (χ3n) is 16.5. The molecular formula is C74H133NO8. The predicted molar refractivity (Wildman–Crippen MR) is 355 cm³/mol. The molecule has 9 nitrogen and oxygen atoms in total. The molecule has 0 aliphatic carbocycles. The molecule has 7 atom stereocenters. The van der Waals surface area contributed by atoms with Crippen LogP contribution in [0.1, 0.15) is 322 Å². The van der Waals surface area contributed by atoms with E-state index in [9.17, 15) is 30.3 Å². The van der Waals surface area contributed by atoms with Crippen molar-refractivity contribution in [1.29, 1.82) is 0 Å². The van der Waals surface area contributed by atoms with Crippen LogP contribution in [-0.4, -0.2) is 87.5 Å². The number of nitrogens with one attached hydrogen (secondary N) is 1. The van der Waals surface area contributed by atoms with Crippen LogP contribution in [0.3, 0.4) is 0 Å². The zero-order valence-electron chi connectivity index (χ0n) is 53.9. The summed E-state index contributed by atoms with van der Waals surface area (Å²) in [7, 11) is 0. The van der Waals surface area contributed by atoms with Crippen molar-refractivity contribution in [2.45, 2.75) is 365 Å². The summed E-state index contributed by atoms with van der Waals surface area (Å²) < 4.78 is 11.3. The number of unbranched alkanes of at least 4 members (excludes halogenated alkanes) is 39. The highest BCUT2D eigenvalue weighted by molar-refractivity contribution is 5.76. The van der Waals surface area contributed by atoms with Crippen LogP contribution in [0.5, 0.6) is 0 Å². The number of hydrogen-bond donors (Lipinski definition) is 6. The van der Waals surface area contributed by atoms with Gasteiger partial charge in [-0.1, -0.05) is 330 Å². The van der Waals surface area contributed by atoms with Crippen molar-refractivity contribution in [1.82, 2.24) is 5.32 Å². The number of amides is 1. The molecule has 1 heterocycles. The standard InChI is InChI=1S/C74H133NO8/c1-3-5-7-9-11-13-15-17-19-21-23-25-27-29-30-31-32-33-34-35-36-37-38-40-42-44-46-48-50-52-54-56-58-60-62-64-70(78)75-67(66-82-74-73(81)72(80)71(79)69(65-76)83-74)68(77)63-61-59-57-55-53-51-49-47-45-43-41-39-28-26-24-22-20-18-16-14-12-10-8-6-4-2/h5,7,11,13,17,19,23,25,29-30,32-33,61,63,67-69,71-74,76-77,79-81H,3-4,6,8-10,12,14-16,18,20-22,24,26-28,31,34-60,62,64-66H2,1-2H3,(H,75,78)/b7-5-,13-11-,19-17-,25-23-,30-29-,33-32-,63-61+. The second kappa shape index (κ2) is 62.4. The maximum absolute atomic E-state index is 13.1. The summed E-state index contributed by atoms with van der Waals surface area (Å²) >= 11 is 0. The third kappa shape index (κ3) is 51.2. The van der Waals surface area contributed by atoms with Gasteiger partial charge < -0.3 is 40.3 Å².